The van der Waals surface area contributed by atoms with E-state index in [-0.39, 0.29) is 18.8 Å². The summed E-state index contributed by atoms with van der Waals surface area (Å²) in [7, 11) is 0. The Bertz CT molecular complexity index is 481. The van der Waals surface area contributed by atoms with Crippen LogP contribution in [0, 0.1) is 11.8 Å². The van der Waals surface area contributed by atoms with E-state index < -0.39 is 12.3 Å². The van der Waals surface area contributed by atoms with E-state index >= 15 is 0 Å². The monoisotopic (exact) mass is 272 g/mol. The fourth-order valence-corrected chi connectivity index (χ4v) is 1.17. The van der Waals surface area contributed by atoms with Crippen LogP contribution >= 0.6 is 0 Å². The Morgan fingerprint density at radius 1 is 1.26 bits per heavy atom. The lowest BCUT2D eigenvalue weighted by molar-refractivity contribution is -0.274. The van der Waals surface area contributed by atoms with Crippen molar-refractivity contribution in [1.29, 1.82) is 0 Å². The Labute approximate surface area is 108 Å². The molecule has 0 saturated carbocycles. The number of hydrogen-bond donors (Lipinski definition) is 0. The molecule has 0 atom stereocenters. The highest BCUT2D eigenvalue weighted by Crippen LogP contribution is 2.22. The molecule has 0 spiro atoms. The molecular weight excluding hydrogens is 261 g/mol. The van der Waals surface area contributed by atoms with Crippen LogP contribution in [-0.4, -0.2) is 18.9 Å². The summed E-state index contributed by atoms with van der Waals surface area (Å²) < 4.78 is 44.1. The first kappa shape index (κ1) is 14.9. The van der Waals surface area contributed by atoms with E-state index in [1.807, 2.05) is 0 Å². The quantitative estimate of drug-likeness (QED) is 0.627. The molecule has 1 aromatic rings. The highest BCUT2D eigenvalue weighted by atomic mass is 19.4. The SMILES string of the molecule is CCOC(=O)CC#Cc1ccc(OC(F)(F)F)cc1. The summed E-state index contributed by atoms with van der Waals surface area (Å²) in [6, 6.07) is 5.06. The number of benzene rings is 1. The first-order valence-corrected chi connectivity index (χ1v) is 5.41. The van der Waals surface area contributed by atoms with Gasteiger partial charge in [0.2, 0.25) is 0 Å². The average Bonchev–Trinajstić information content (AvgIpc) is 2.30. The van der Waals surface area contributed by atoms with Crippen molar-refractivity contribution < 1.29 is 27.4 Å². The maximum atomic E-state index is 11.9. The Morgan fingerprint density at radius 3 is 2.42 bits per heavy atom. The molecule has 1 aromatic carbocycles. The van der Waals surface area contributed by atoms with Gasteiger partial charge in [0.15, 0.2) is 0 Å². The highest BCUT2D eigenvalue weighted by molar-refractivity contribution is 5.72. The summed E-state index contributed by atoms with van der Waals surface area (Å²) in [6.07, 6.45) is -4.77. The number of esters is 1. The van der Waals surface area contributed by atoms with Gasteiger partial charge >= 0.3 is 12.3 Å². The van der Waals surface area contributed by atoms with E-state index in [0.717, 1.165) is 12.1 Å². The van der Waals surface area contributed by atoms with E-state index in [2.05, 4.69) is 21.3 Å². The molecule has 0 aliphatic rings. The van der Waals surface area contributed by atoms with E-state index in [0.29, 0.717) is 5.56 Å². The van der Waals surface area contributed by atoms with Crippen molar-refractivity contribution >= 4 is 5.97 Å². The molecule has 6 heteroatoms. The summed E-state index contributed by atoms with van der Waals surface area (Å²) in [5, 5.41) is 0. The minimum absolute atomic E-state index is 0.0609. The molecule has 0 amide bonds. The number of hydrogen-bond acceptors (Lipinski definition) is 3. The minimum Gasteiger partial charge on any atom is -0.465 e. The molecule has 1 rings (SSSR count). The van der Waals surface area contributed by atoms with Crippen molar-refractivity contribution in [2.24, 2.45) is 0 Å². The predicted octanol–water partition coefficient (Wildman–Crippen LogP) is 2.89. The standard InChI is InChI=1S/C13H11F3O3/c1-2-18-12(17)5-3-4-10-6-8-11(9-7-10)19-13(14,15)16/h6-9H,2,5H2,1H3. The Hall–Kier alpha value is -2.16. The zero-order chi connectivity index (χ0) is 14.3. The second-order valence-electron chi connectivity index (χ2n) is 3.36. The molecule has 0 radical (unpaired) electrons. The van der Waals surface area contributed by atoms with E-state index in [1.54, 1.807) is 6.92 Å². The van der Waals surface area contributed by atoms with Gasteiger partial charge in [0, 0.05) is 5.56 Å². The molecule has 0 N–H and O–H groups in total. The molecule has 0 saturated heterocycles. The second kappa shape index (κ2) is 6.69. The summed E-state index contributed by atoms with van der Waals surface area (Å²) >= 11 is 0. The first-order valence-electron chi connectivity index (χ1n) is 5.41. The third kappa shape index (κ3) is 6.36. The molecule has 0 aliphatic carbocycles. The molecule has 0 unspecified atom stereocenters. The lowest BCUT2D eigenvalue weighted by atomic mass is 10.2. The number of carbonyl (C=O) groups is 1. The third-order valence-corrected chi connectivity index (χ3v) is 1.86. The topological polar surface area (TPSA) is 35.5 Å². The first-order chi connectivity index (χ1) is 8.90. The fourth-order valence-electron chi connectivity index (χ4n) is 1.17. The van der Waals surface area contributed by atoms with Gasteiger partial charge in [-0.05, 0) is 31.2 Å². The van der Waals surface area contributed by atoms with Crippen molar-refractivity contribution in [3.8, 4) is 17.6 Å². The third-order valence-electron chi connectivity index (χ3n) is 1.86. The summed E-state index contributed by atoms with van der Waals surface area (Å²) in [6.45, 7) is 1.97. The number of halogens is 3. The number of ether oxygens (including phenoxy) is 2. The zero-order valence-corrected chi connectivity index (χ0v) is 10.1. The van der Waals surface area contributed by atoms with Gasteiger partial charge in [-0.2, -0.15) is 0 Å². The van der Waals surface area contributed by atoms with Crippen LogP contribution < -0.4 is 4.74 Å². The lowest BCUT2D eigenvalue weighted by Gasteiger charge is -2.07. The van der Waals surface area contributed by atoms with Gasteiger partial charge in [-0.1, -0.05) is 11.8 Å². The van der Waals surface area contributed by atoms with Crippen LogP contribution in [0.1, 0.15) is 18.9 Å². The summed E-state index contributed by atoms with van der Waals surface area (Å²) in [5.74, 6) is 4.45. The predicted molar refractivity (Wildman–Crippen MR) is 61.3 cm³/mol. The normalized spacial score (nSPS) is 10.3. The van der Waals surface area contributed by atoms with Crippen molar-refractivity contribution in [3.05, 3.63) is 29.8 Å². The molecule has 0 aliphatic heterocycles. The van der Waals surface area contributed by atoms with Gasteiger partial charge in [0.1, 0.15) is 12.2 Å². The van der Waals surface area contributed by atoms with Gasteiger partial charge in [-0.15, -0.1) is 13.2 Å². The Balaban J connectivity index is 2.58. The average molecular weight is 272 g/mol. The molecule has 102 valence electrons. The Kier molecular flexibility index (Phi) is 5.24. The second-order valence-corrected chi connectivity index (χ2v) is 3.36. The van der Waals surface area contributed by atoms with E-state index in [9.17, 15) is 18.0 Å². The largest absolute Gasteiger partial charge is 0.573 e. The van der Waals surface area contributed by atoms with Crippen molar-refractivity contribution in [1.82, 2.24) is 0 Å². The van der Waals surface area contributed by atoms with Crippen LogP contribution in [0.15, 0.2) is 24.3 Å². The zero-order valence-electron chi connectivity index (χ0n) is 10.1. The smallest absolute Gasteiger partial charge is 0.465 e. The lowest BCUT2D eigenvalue weighted by Crippen LogP contribution is -2.16. The van der Waals surface area contributed by atoms with E-state index in [4.69, 9.17) is 0 Å². The van der Waals surface area contributed by atoms with Crippen molar-refractivity contribution in [2.75, 3.05) is 6.61 Å². The molecule has 3 nitrogen and oxygen atoms in total. The van der Waals surface area contributed by atoms with Gasteiger partial charge in [0.05, 0.1) is 6.61 Å². The fraction of sp³-hybridized carbons (Fsp3) is 0.308. The van der Waals surface area contributed by atoms with Crippen LogP contribution in [0.4, 0.5) is 13.2 Å². The summed E-state index contributed by atoms with van der Waals surface area (Å²) in [5.41, 5.74) is 0.485. The number of rotatable bonds is 3. The molecule has 19 heavy (non-hydrogen) atoms. The molecule has 0 aromatic heterocycles. The van der Waals surface area contributed by atoms with Crippen LogP contribution in [0.2, 0.25) is 0 Å². The minimum atomic E-state index is -4.71. The van der Waals surface area contributed by atoms with Gasteiger partial charge < -0.3 is 9.47 Å². The van der Waals surface area contributed by atoms with E-state index in [1.165, 1.54) is 12.1 Å². The van der Waals surface area contributed by atoms with Gasteiger partial charge in [-0.25, -0.2) is 0 Å². The van der Waals surface area contributed by atoms with Crippen molar-refractivity contribution in [3.63, 3.8) is 0 Å². The molecule has 0 fully saturated rings. The van der Waals surface area contributed by atoms with Gasteiger partial charge in [-0.3, -0.25) is 4.79 Å². The maximum absolute atomic E-state index is 11.9. The van der Waals surface area contributed by atoms with Crippen LogP contribution in [0.25, 0.3) is 0 Å². The van der Waals surface area contributed by atoms with Gasteiger partial charge in [0.25, 0.3) is 0 Å². The van der Waals surface area contributed by atoms with Crippen LogP contribution in [0.5, 0.6) is 5.75 Å². The molecule has 0 bridgehead atoms. The molecule has 0 heterocycles. The molecular formula is C13H11F3O3. The Morgan fingerprint density at radius 2 is 1.89 bits per heavy atom. The van der Waals surface area contributed by atoms with Crippen LogP contribution in [-0.2, 0) is 9.53 Å². The van der Waals surface area contributed by atoms with Crippen molar-refractivity contribution in [2.45, 2.75) is 19.7 Å². The van der Waals surface area contributed by atoms with Crippen LogP contribution in [0.3, 0.4) is 0 Å². The summed E-state index contributed by atoms with van der Waals surface area (Å²) in [4.78, 5) is 11.0. The maximum Gasteiger partial charge on any atom is 0.573 e. The number of alkyl halides is 3. The number of carbonyl (C=O) groups excluding carboxylic acids is 1. The highest BCUT2D eigenvalue weighted by Gasteiger charge is 2.30.